The van der Waals surface area contributed by atoms with E-state index < -0.39 is 5.97 Å². The zero-order valence-electron chi connectivity index (χ0n) is 18.9. The molecule has 0 spiro atoms. The molecule has 32 heavy (non-hydrogen) atoms. The van der Waals surface area contributed by atoms with Crippen molar-refractivity contribution in [2.45, 2.75) is 33.2 Å². The van der Waals surface area contributed by atoms with Crippen LogP contribution in [0.2, 0.25) is 0 Å². The number of nitrogens with zero attached hydrogens (tertiary/aromatic N) is 3. The highest BCUT2D eigenvalue weighted by atomic mass is 16.5. The highest BCUT2D eigenvalue weighted by molar-refractivity contribution is 6.00. The van der Waals surface area contributed by atoms with Gasteiger partial charge in [-0.15, -0.1) is 0 Å². The first kappa shape index (κ1) is 23.1. The van der Waals surface area contributed by atoms with Crippen LogP contribution in [0.25, 0.3) is 0 Å². The van der Waals surface area contributed by atoms with Crippen LogP contribution < -0.4 is 10.2 Å². The van der Waals surface area contributed by atoms with E-state index in [4.69, 9.17) is 9.72 Å². The van der Waals surface area contributed by atoms with Gasteiger partial charge in [0.2, 0.25) is 0 Å². The summed E-state index contributed by atoms with van der Waals surface area (Å²) >= 11 is 0. The van der Waals surface area contributed by atoms with Crippen LogP contribution >= 0.6 is 0 Å². The summed E-state index contributed by atoms with van der Waals surface area (Å²) in [5, 5.41) is 2.94. The summed E-state index contributed by atoms with van der Waals surface area (Å²) in [5.41, 5.74) is 2.34. The minimum Gasteiger partial charge on any atom is -0.461 e. The third kappa shape index (κ3) is 5.55. The molecule has 0 saturated heterocycles. The number of hydrogen-bond acceptors (Lipinski definition) is 4. The summed E-state index contributed by atoms with van der Waals surface area (Å²) in [7, 11) is 1.78. The molecule has 2 aromatic carbocycles. The van der Waals surface area contributed by atoms with Crippen molar-refractivity contribution in [3.63, 3.8) is 0 Å². The molecule has 7 nitrogen and oxygen atoms in total. The van der Waals surface area contributed by atoms with E-state index in [0.29, 0.717) is 37.6 Å². The molecule has 3 aromatic rings. The van der Waals surface area contributed by atoms with Crippen molar-refractivity contribution in [2.75, 3.05) is 18.1 Å². The van der Waals surface area contributed by atoms with Crippen molar-refractivity contribution in [2.24, 2.45) is 7.05 Å². The molecule has 0 saturated carbocycles. The average molecular weight is 435 g/mol. The fraction of sp³-hybridized carbons (Fsp3) is 0.320. The zero-order valence-corrected chi connectivity index (χ0v) is 18.9. The Hall–Kier alpha value is -3.61. The van der Waals surface area contributed by atoms with Gasteiger partial charge in [-0.05, 0) is 24.5 Å². The third-order valence-electron chi connectivity index (χ3n) is 5.08. The van der Waals surface area contributed by atoms with Gasteiger partial charge < -0.3 is 14.6 Å². The summed E-state index contributed by atoms with van der Waals surface area (Å²) in [6.45, 7) is 4.79. The second kappa shape index (κ2) is 11.1. The molecule has 3 rings (SSSR count). The Morgan fingerprint density at radius 1 is 1.00 bits per heavy atom. The van der Waals surface area contributed by atoms with Crippen molar-refractivity contribution >= 4 is 17.8 Å². The van der Waals surface area contributed by atoms with Gasteiger partial charge >= 0.3 is 12.0 Å². The maximum Gasteiger partial charge on any atom is 0.358 e. The van der Waals surface area contributed by atoms with E-state index in [0.717, 1.165) is 11.1 Å². The number of rotatable bonds is 9. The van der Waals surface area contributed by atoms with E-state index in [2.05, 4.69) is 5.32 Å². The number of amides is 2. The molecule has 7 heteroatoms. The number of benzene rings is 2. The molecule has 0 fully saturated rings. The van der Waals surface area contributed by atoms with Crippen LogP contribution in [0.4, 0.5) is 10.6 Å². The summed E-state index contributed by atoms with van der Waals surface area (Å²) in [6.07, 6.45) is 1.25. The Morgan fingerprint density at radius 2 is 1.62 bits per heavy atom. The summed E-state index contributed by atoms with van der Waals surface area (Å²) in [6, 6.07) is 19.3. The number of ether oxygens (including phenoxy) is 1. The number of nitrogens with one attached hydrogen (secondary N) is 1. The van der Waals surface area contributed by atoms with Gasteiger partial charge in [0, 0.05) is 26.6 Å². The highest BCUT2D eigenvalue weighted by Crippen LogP contribution is 2.24. The van der Waals surface area contributed by atoms with Gasteiger partial charge in [-0.3, -0.25) is 4.90 Å². The molecule has 0 aliphatic heterocycles. The Labute approximate surface area is 189 Å². The van der Waals surface area contributed by atoms with Gasteiger partial charge in [-0.25, -0.2) is 14.6 Å². The van der Waals surface area contributed by atoms with Gasteiger partial charge in [-0.1, -0.05) is 67.6 Å². The first-order valence-corrected chi connectivity index (χ1v) is 10.9. The van der Waals surface area contributed by atoms with E-state index in [1.165, 1.54) is 4.90 Å². The third-order valence-corrected chi connectivity index (χ3v) is 5.08. The first-order chi connectivity index (χ1) is 15.5. The van der Waals surface area contributed by atoms with Crippen molar-refractivity contribution < 1.29 is 14.3 Å². The van der Waals surface area contributed by atoms with Gasteiger partial charge in [-0.2, -0.15) is 0 Å². The molecule has 1 heterocycles. The highest BCUT2D eigenvalue weighted by Gasteiger charge is 2.29. The number of anilines is 1. The van der Waals surface area contributed by atoms with E-state index >= 15 is 0 Å². The van der Waals surface area contributed by atoms with Gasteiger partial charge in [0.1, 0.15) is 5.82 Å². The van der Waals surface area contributed by atoms with Crippen LogP contribution in [0, 0.1) is 0 Å². The summed E-state index contributed by atoms with van der Waals surface area (Å²) < 4.78 is 7.02. The summed E-state index contributed by atoms with van der Waals surface area (Å²) in [5.74, 6) is 0.518. The van der Waals surface area contributed by atoms with Crippen LogP contribution in [-0.2, 0) is 24.8 Å². The molecule has 0 aliphatic carbocycles. The van der Waals surface area contributed by atoms with Crippen molar-refractivity contribution in [1.29, 1.82) is 0 Å². The number of urea groups is 1. The maximum absolute atomic E-state index is 13.1. The number of imidazole rings is 1. The van der Waals surface area contributed by atoms with Crippen LogP contribution in [0.1, 0.15) is 47.7 Å². The fourth-order valence-corrected chi connectivity index (χ4v) is 3.48. The quantitative estimate of drug-likeness (QED) is 0.509. The predicted molar refractivity (Wildman–Crippen MR) is 125 cm³/mol. The van der Waals surface area contributed by atoms with E-state index in [-0.39, 0.29) is 18.3 Å². The molecule has 2 amide bonds. The van der Waals surface area contributed by atoms with Gasteiger partial charge in [0.25, 0.3) is 0 Å². The van der Waals surface area contributed by atoms with Crippen LogP contribution in [-0.4, -0.2) is 34.7 Å². The minimum absolute atomic E-state index is 0.242. The lowest BCUT2D eigenvalue weighted by atomic mass is 10.1. The number of aromatic nitrogens is 2. The second-order valence-corrected chi connectivity index (χ2v) is 7.44. The summed E-state index contributed by atoms with van der Waals surface area (Å²) in [4.78, 5) is 32.2. The number of carbonyl (C=O) groups excluding carboxylic acids is 2. The normalized spacial score (nSPS) is 10.6. The molecular formula is C25H30N4O3. The molecular weight excluding hydrogens is 404 g/mol. The molecule has 1 N–H and O–H groups in total. The first-order valence-electron chi connectivity index (χ1n) is 10.9. The Kier molecular flexibility index (Phi) is 8.02. The van der Waals surface area contributed by atoms with Crippen LogP contribution in [0.5, 0.6) is 0 Å². The predicted octanol–water partition coefficient (Wildman–Crippen LogP) is 4.31. The lowest BCUT2D eigenvalue weighted by Gasteiger charge is -2.21. The average Bonchev–Trinajstić information content (AvgIpc) is 3.13. The van der Waals surface area contributed by atoms with E-state index in [1.54, 1.807) is 18.5 Å². The molecule has 0 radical (unpaired) electrons. The zero-order chi connectivity index (χ0) is 22.9. The molecule has 168 valence electrons. The van der Waals surface area contributed by atoms with Crippen molar-refractivity contribution in [3.8, 4) is 0 Å². The number of esters is 1. The Bertz CT molecular complexity index is 1030. The largest absolute Gasteiger partial charge is 0.461 e. The van der Waals surface area contributed by atoms with Gasteiger partial charge in [0.05, 0.1) is 6.61 Å². The smallest absolute Gasteiger partial charge is 0.358 e. The Morgan fingerprint density at radius 3 is 2.22 bits per heavy atom. The number of carbonyl (C=O) groups is 2. The van der Waals surface area contributed by atoms with E-state index in [9.17, 15) is 9.59 Å². The van der Waals surface area contributed by atoms with Crippen molar-refractivity contribution in [1.82, 2.24) is 14.9 Å². The van der Waals surface area contributed by atoms with Gasteiger partial charge in [0.15, 0.2) is 11.5 Å². The topological polar surface area (TPSA) is 76.5 Å². The van der Waals surface area contributed by atoms with Crippen LogP contribution in [0.3, 0.4) is 0 Å². The van der Waals surface area contributed by atoms with Crippen LogP contribution in [0.15, 0.2) is 60.7 Å². The number of hydrogen-bond donors (Lipinski definition) is 1. The maximum atomic E-state index is 13.1. The standard InChI is InChI=1S/C25H30N4O3/c1-4-16-29(25(31)26-18-20-14-10-7-11-15-20)23-22(24(30)32-5-2)28(3)21(27-23)17-19-12-8-6-9-13-19/h6-15H,4-5,16-18H2,1-3H3,(H,26,31). The van der Waals surface area contributed by atoms with Crippen molar-refractivity contribution in [3.05, 3.63) is 83.3 Å². The Balaban J connectivity index is 1.93. The second-order valence-electron chi connectivity index (χ2n) is 7.44. The lowest BCUT2D eigenvalue weighted by Crippen LogP contribution is -2.41. The molecule has 1 aromatic heterocycles. The fourth-order valence-electron chi connectivity index (χ4n) is 3.48. The lowest BCUT2D eigenvalue weighted by molar-refractivity contribution is 0.0516. The molecule has 0 atom stereocenters. The SMILES string of the molecule is CCCN(C(=O)NCc1ccccc1)c1nc(Cc2ccccc2)n(C)c1C(=O)OCC. The molecule has 0 bridgehead atoms. The minimum atomic E-state index is -0.492. The molecule has 0 aliphatic rings. The molecule has 0 unspecified atom stereocenters. The van der Waals surface area contributed by atoms with E-state index in [1.807, 2.05) is 67.6 Å². The monoisotopic (exact) mass is 434 g/mol.